The van der Waals surface area contributed by atoms with Crippen molar-refractivity contribution in [3.63, 3.8) is 0 Å². The molecule has 0 fully saturated rings. The maximum atomic E-state index is 14.4. The van der Waals surface area contributed by atoms with E-state index in [1.807, 2.05) is 74.5 Å². The number of rotatable bonds is 6. The van der Waals surface area contributed by atoms with Crippen molar-refractivity contribution in [1.82, 2.24) is 10.2 Å². The van der Waals surface area contributed by atoms with Gasteiger partial charge in [0, 0.05) is 5.56 Å². The minimum Gasteiger partial charge on any atom is -0.369 e. The zero-order chi connectivity index (χ0) is 24.3. The Bertz CT molecular complexity index is 1230. The minimum absolute atomic E-state index is 0.0192. The number of hydrogen-bond acceptors (Lipinski definition) is 4. The Morgan fingerprint density at radius 2 is 1.76 bits per heavy atom. The zero-order valence-electron chi connectivity index (χ0n) is 19.2. The van der Waals surface area contributed by atoms with Crippen molar-refractivity contribution < 1.29 is 14.0 Å². The monoisotopic (exact) mass is 458 g/mol. The molecule has 3 N–H and O–H groups in total. The summed E-state index contributed by atoms with van der Waals surface area (Å²) < 4.78 is 14.4. The van der Waals surface area contributed by atoms with E-state index in [1.54, 1.807) is 6.07 Å². The quantitative estimate of drug-likeness (QED) is 0.578. The van der Waals surface area contributed by atoms with Gasteiger partial charge in [-0.05, 0) is 48.7 Å². The van der Waals surface area contributed by atoms with Crippen LogP contribution in [-0.2, 0) is 16.9 Å². The Hall–Kier alpha value is -4.00. The Kier molecular flexibility index (Phi) is 6.45. The molecule has 0 bridgehead atoms. The largest absolute Gasteiger partial charge is 0.369 e. The SMILES string of the molecule is C[C@H](NC(=O)c1cc(F)cc(CN2C(=O)C[C@](C)(c3ccccc3)N=C2N)c1)c1ccccc1. The lowest BCUT2D eigenvalue weighted by atomic mass is 9.87. The van der Waals surface area contributed by atoms with Gasteiger partial charge in [-0.1, -0.05) is 60.7 Å². The summed E-state index contributed by atoms with van der Waals surface area (Å²) in [6, 6.07) is 22.8. The average molecular weight is 459 g/mol. The van der Waals surface area contributed by atoms with Crippen LogP contribution in [0.3, 0.4) is 0 Å². The average Bonchev–Trinajstić information content (AvgIpc) is 2.82. The second-order valence-electron chi connectivity index (χ2n) is 8.72. The van der Waals surface area contributed by atoms with Gasteiger partial charge in [0.25, 0.3) is 5.91 Å². The third kappa shape index (κ3) is 4.98. The summed E-state index contributed by atoms with van der Waals surface area (Å²) in [4.78, 5) is 31.7. The molecule has 0 spiro atoms. The highest BCUT2D eigenvalue weighted by Crippen LogP contribution is 2.33. The van der Waals surface area contributed by atoms with E-state index in [-0.39, 0.29) is 36.4 Å². The molecule has 1 aliphatic rings. The highest BCUT2D eigenvalue weighted by Gasteiger charge is 2.37. The Balaban J connectivity index is 1.53. The molecule has 2 amide bonds. The number of halogens is 1. The van der Waals surface area contributed by atoms with Crippen molar-refractivity contribution in [1.29, 1.82) is 0 Å². The Morgan fingerprint density at radius 3 is 2.41 bits per heavy atom. The van der Waals surface area contributed by atoms with E-state index >= 15 is 0 Å². The number of benzene rings is 3. The predicted octanol–water partition coefficient (Wildman–Crippen LogP) is 4.28. The highest BCUT2D eigenvalue weighted by molar-refractivity contribution is 5.99. The van der Waals surface area contributed by atoms with E-state index < -0.39 is 17.3 Å². The number of carbonyl (C=O) groups is 2. The first-order valence-electron chi connectivity index (χ1n) is 11.1. The number of amides is 2. The molecule has 0 aromatic heterocycles. The zero-order valence-corrected chi connectivity index (χ0v) is 19.2. The van der Waals surface area contributed by atoms with Crippen LogP contribution in [0.5, 0.6) is 0 Å². The lowest BCUT2D eigenvalue weighted by Gasteiger charge is -2.35. The maximum absolute atomic E-state index is 14.4. The molecule has 174 valence electrons. The van der Waals surface area contributed by atoms with Gasteiger partial charge >= 0.3 is 0 Å². The van der Waals surface area contributed by atoms with Gasteiger partial charge in [0.2, 0.25) is 5.91 Å². The normalized spacial score (nSPS) is 18.9. The van der Waals surface area contributed by atoms with Crippen LogP contribution in [0, 0.1) is 5.82 Å². The number of nitrogens with one attached hydrogen (secondary N) is 1. The molecule has 2 atom stereocenters. The van der Waals surface area contributed by atoms with Crippen LogP contribution < -0.4 is 11.1 Å². The van der Waals surface area contributed by atoms with Crippen molar-refractivity contribution in [3.05, 3.63) is 107 Å². The summed E-state index contributed by atoms with van der Waals surface area (Å²) in [6.45, 7) is 3.75. The topological polar surface area (TPSA) is 87.8 Å². The van der Waals surface area contributed by atoms with Crippen molar-refractivity contribution in [2.75, 3.05) is 0 Å². The molecular weight excluding hydrogens is 431 g/mol. The number of carbonyl (C=O) groups excluding carboxylic acids is 2. The molecule has 0 saturated heterocycles. The standard InChI is InChI=1S/C27H27FN4O2/c1-18(20-9-5-3-6-10-20)30-25(34)21-13-19(14-23(28)15-21)17-32-24(33)16-27(2,31-26(32)29)22-11-7-4-8-12-22/h3-15,18H,16-17H2,1-2H3,(H2,29,31)(H,30,34)/t18-,27+/m0/s1. The van der Waals surface area contributed by atoms with Gasteiger partial charge in [0.1, 0.15) is 5.82 Å². The molecule has 4 rings (SSSR count). The molecule has 3 aromatic rings. The van der Waals surface area contributed by atoms with Crippen LogP contribution in [-0.4, -0.2) is 22.7 Å². The third-order valence-electron chi connectivity index (χ3n) is 6.04. The first-order chi connectivity index (χ1) is 16.2. The van der Waals surface area contributed by atoms with E-state index in [1.165, 1.54) is 17.0 Å². The van der Waals surface area contributed by atoms with E-state index in [4.69, 9.17) is 5.73 Å². The summed E-state index contributed by atoms with van der Waals surface area (Å²) in [7, 11) is 0. The molecular formula is C27H27FN4O2. The van der Waals surface area contributed by atoms with Crippen LogP contribution in [0.25, 0.3) is 0 Å². The van der Waals surface area contributed by atoms with Gasteiger partial charge in [0.05, 0.1) is 24.5 Å². The first kappa shape index (κ1) is 23.2. The van der Waals surface area contributed by atoms with Crippen LogP contribution >= 0.6 is 0 Å². The fourth-order valence-corrected chi connectivity index (χ4v) is 4.16. The molecule has 0 saturated carbocycles. The van der Waals surface area contributed by atoms with Gasteiger partial charge in [-0.15, -0.1) is 0 Å². The van der Waals surface area contributed by atoms with Crippen molar-refractivity contribution in [2.24, 2.45) is 10.7 Å². The summed E-state index contributed by atoms with van der Waals surface area (Å²) in [5.74, 6) is -1.12. The minimum atomic E-state index is -0.764. The number of nitrogens with zero attached hydrogens (tertiary/aromatic N) is 2. The molecule has 1 aliphatic heterocycles. The molecule has 34 heavy (non-hydrogen) atoms. The van der Waals surface area contributed by atoms with E-state index in [9.17, 15) is 14.0 Å². The maximum Gasteiger partial charge on any atom is 0.251 e. The predicted molar refractivity (Wildman–Crippen MR) is 129 cm³/mol. The molecule has 1 heterocycles. The second kappa shape index (κ2) is 9.47. The van der Waals surface area contributed by atoms with Crippen molar-refractivity contribution in [2.45, 2.75) is 38.4 Å². The number of guanidine groups is 1. The fourth-order valence-electron chi connectivity index (χ4n) is 4.16. The van der Waals surface area contributed by atoms with Crippen molar-refractivity contribution >= 4 is 17.8 Å². The van der Waals surface area contributed by atoms with Crippen LogP contribution in [0.1, 0.15) is 53.4 Å². The molecule has 0 aliphatic carbocycles. The third-order valence-corrected chi connectivity index (χ3v) is 6.04. The van der Waals surface area contributed by atoms with Gasteiger partial charge in [-0.25, -0.2) is 9.38 Å². The first-order valence-corrected chi connectivity index (χ1v) is 11.1. The fraction of sp³-hybridized carbons (Fsp3) is 0.222. The van der Waals surface area contributed by atoms with Gasteiger partial charge in [-0.2, -0.15) is 0 Å². The smallest absolute Gasteiger partial charge is 0.251 e. The summed E-state index contributed by atoms with van der Waals surface area (Å²) in [5.41, 5.74) is 7.87. The van der Waals surface area contributed by atoms with Crippen LogP contribution in [0.4, 0.5) is 4.39 Å². The van der Waals surface area contributed by atoms with E-state index in [2.05, 4.69) is 10.3 Å². The highest BCUT2D eigenvalue weighted by atomic mass is 19.1. The summed E-state index contributed by atoms with van der Waals surface area (Å²) >= 11 is 0. The van der Waals surface area contributed by atoms with E-state index in [0.717, 1.165) is 11.1 Å². The van der Waals surface area contributed by atoms with Gasteiger partial charge < -0.3 is 11.1 Å². The molecule has 0 unspecified atom stereocenters. The number of nitrogens with two attached hydrogens (primary N) is 1. The second-order valence-corrected chi connectivity index (χ2v) is 8.72. The van der Waals surface area contributed by atoms with Gasteiger partial charge in [0.15, 0.2) is 5.96 Å². The molecule has 0 radical (unpaired) electrons. The van der Waals surface area contributed by atoms with Crippen LogP contribution in [0.2, 0.25) is 0 Å². The molecule has 6 nitrogen and oxygen atoms in total. The van der Waals surface area contributed by atoms with Gasteiger partial charge in [-0.3, -0.25) is 14.5 Å². The Morgan fingerprint density at radius 1 is 1.12 bits per heavy atom. The lowest BCUT2D eigenvalue weighted by Crippen LogP contribution is -2.49. The van der Waals surface area contributed by atoms with Crippen LogP contribution in [0.15, 0.2) is 83.9 Å². The molecule has 7 heteroatoms. The summed E-state index contributed by atoms with van der Waals surface area (Å²) in [5, 5.41) is 2.88. The van der Waals surface area contributed by atoms with E-state index in [0.29, 0.717) is 5.56 Å². The van der Waals surface area contributed by atoms with Crippen molar-refractivity contribution in [3.8, 4) is 0 Å². The lowest BCUT2D eigenvalue weighted by molar-refractivity contribution is -0.130. The molecule has 3 aromatic carbocycles. The summed E-state index contributed by atoms with van der Waals surface area (Å²) in [6.07, 6.45) is 0.134. The number of aliphatic imine (C=N–C) groups is 1. The number of hydrogen-bond donors (Lipinski definition) is 2. The Labute approximate surface area is 198 Å².